The molecule has 1 aromatic heterocycles. The second-order valence-corrected chi connectivity index (χ2v) is 4.93. The first kappa shape index (κ1) is 14.3. The van der Waals surface area contributed by atoms with Gasteiger partial charge in [0.15, 0.2) is 11.6 Å². The molecule has 2 rings (SSSR count). The predicted molar refractivity (Wildman–Crippen MR) is 73.1 cm³/mol. The Balaban J connectivity index is 2.43. The van der Waals surface area contributed by atoms with Crippen LogP contribution in [0.4, 0.5) is 4.39 Å². The standard InChI is InChI=1S/C14H17FN2O3/c1-14(16,13(18)20-3)6-8-7-17-11-5-10(15)12(19-2)4-9(8)11/h4-5,7,17H,6,16H2,1-3H3/t14-/m0/s1. The van der Waals surface area contributed by atoms with Gasteiger partial charge in [-0.3, -0.25) is 4.79 Å². The summed E-state index contributed by atoms with van der Waals surface area (Å²) in [4.78, 5) is 14.6. The highest BCUT2D eigenvalue weighted by molar-refractivity contribution is 5.87. The van der Waals surface area contributed by atoms with E-state index in [1.54, 1.807) is 19.2 Å². The largest absolute Gasteiger partial charge is 0.494 e. The van der Waals surface area contributed by atoms with Crippen molar-refractivity contribution in [2.75, 3.05) is 14.2 Å². The third-order valence-electron chi connectivity index (χ3n) is 3.25. The molecule has 0 saturated carbocycles. The smallest absolute Gasteiger partial charge is 0.325 e. The number of esters is 1. The van der Waals surface area contributed by atoms with Gasteiger partial charge in [0.25, 0.3) is 0 Å². The molecular weight excluding hydrogens is 263 g/mol. The summed E-state index contributed by atoms with van der Waals surface area (Å²) in [5.41, 5.74) is 6.24. The maximum atomic E-state index is 13.6. The number of nitrogens with two attached hydrogens (primary N) is 1. The molecule has 1 heterocycles. The number of ether oxygens (including phenoxy) is 2. The number of fused-ring (bicyclic) bond motifs is 1. The Bertz CT molecular complexity index is 649. The molecule has 2 aromatic rings. The first-order chi connectivity index (χ1) is 9.39. The Labute approximate surface area is 115 Å². The molecule has 0 radical (unpaired) electrons. The maximum absolute atomic E-state index is 13.6. The second-order valence-electron chi connectivity index (χ2n) is 4.93. The Morgan fingerprint density at radius 1 is 1.45 bits per heavy atom. The zero-order valence-corrected chi connectivity index (χ0v) is 11.6. The summed E-state index contributed by atoms with van der Waals surface area (Å²) in [6, 6.07) is 2.94. The zero-order valence-electron chi connectivity index (χ0n) is 11.6. The summed E-state index contributed by atoms with van der Waals surface area (Å²) in [5, 5.41) is 0.767. The lowest BCUT2D eigenvalue weighted by atomic mass is 9.94. The number of aromatic amines is 1. The van der Waals surface area contributed by atoms with Gasteiger partial charge in [-0.05, 0) is 18.6 Å². The molecule has 0 spiro atoms. The quantitative estimate of drug-likeness (QED) is 0.836. The molecule has 0 aliphatic carbocycles. The monoisotopic (exact) mass is 280 g/mol. The highest BCUT2D eigenvalue weighted by Gasteiger charge is 2.30. The predicted octanol–water partition coefficient (Wildman–Crippen LogP) is 1.75. The van der Waals surface area contributed by atoms with Crippen LogP contribution >= 0.6 is 0 Å². The number of rotatable bonds is 4. The fraction of sp³-hybridized carbons (Fsp3) is 0.357. The van der Waals surface area contributed by atoms with Crippen molar-refractivity contribution in [3.63, 3.8) is 0 Å². The number of aromatic nitrogens is 1. The number of carbonyl (C=O) groups excluding carboxylic acids is 1. The van der Waals surface area contributed by atoms with Gasteiger partial charge in [0.1, 0.15) is 5.54 Å². The van der Waals surface area contributed by atoms with E-state index in [4.69, 9.17) is 10.5 Å². The number of methoxy groups -OCH3 is 2. The van der Waals surface area contributed by atoms with E-state index in [0.717, 1.165) is 10.9 Å². The minimum absolute atomic E-state index is 0.148. The van der Waals surface area contributed by atoms with Gasteiger partial charge in [-0.15, -0.1) is 0 Å². The minimum atomic E-state index is -1.15. The van der Waals surface area contributed by atoms with E-state index in [9.17, 15) is 9.18 Å². The highest BCUT2D eigenvalue weighted by atomic mass is 19.1. The van der Waals surface area contributed by atoms with Crippen LogP contribution in [0.2, 0.25) is 0 Å². The number of hydrogen-bond acceptors (Lipinski definition) is 4. The van der Waals surface area contributed by atoms with Crippen molar-refractivity contribution in [1.82, 2.24) is 4.98 Å². The SMILES string of the molecule is COC(=O)[C@@](C)(N)Cc1c[nH]c2cc(F)c(OC)cc12. The molecule has 108 valence electrons. The number of benzene rings is 1. The molecule has 0 aliphatic heterocycles. The third-order valence-corrected chi connectivity index (χ3v) is 3.25. The summed E-state index contributed by atoms with van der Waals surface area (Å²) in [7, 11) is 2.69. The molecule has 20 heavy (non-hydrogen) atoms. The lowest BCUT2D eigenvalue weighted by Crippen LogP contribution is -2.47. The van der Waals surface area contributed by atoms with Crippen LogP contribution in [0.25, 0.3) is 10.9 Å². The van der Waals surface area contributed by atoms with Crippen LogP contribution in [0.1, 0.15) is 12.5 Å². The average molecular weight is 280 g/mol. The van der Waals surface area contributed by atoms with Crippen LogP contribution in [-0.2, 0) is 16.0 Å². The minimum Gasteiger partial charge on any atom is -0.494 e. The van der Waals surface area contributed by atoms with E-state index in [1.807, 2.05) is 0 Å². The van der Waals surface area contributed by atoms with Crippen molar-refractivity contribution in [3.05, 3.63) is 29.7 Å². The summed E-state index contributed by atoms with van der Waals surface area (Å²) < 4.78 is 23.3. The average Bonchev–Trinajstić information content (AvgIpc) is 2.78. The van der Waals surface area contributed by atoms with Gasteiger partial charge in [-0.25, -0.2) is 4.39 Å². The summed E-state index contributed by atoms with van der Waals surface area (Å²) in [6.07, 6.45) is 1.98. The fourth-order valence-electron chi connectivity index (χ4n) is 2.18. The number of halogens is 1. The molecule has 1 aromatic carbocycles. The molecule has 0 fully saturated rings. The van der Waals surface area contributed by atoms with Gasteiger partial charge in [0.05, 0.1) is 14.2 Å². The van der Waals surface area contributed by atoms with E-state index < -0.39 is 17.3 Å². The summed E-state index contributed by atoms with van der Waals surface area (Å²) >= 11 is 0. The Hall–Kier alpha value is -2.08. The topological polar surface area (TPSA) is 77.3 Å². The van der Waals surface area contributed by atoms with Gasteiger partial charge >= 0.3 is 5.97 Å². The van der Waals surface area contributed by atoms with Crippen molar-refractivity contribution < 1.29 is 18.7 Å². The second kappa shape index (κ2) is 5.13. The van der Waals surface area contributed by atoms with Crippen molar-refractivity contribution >= 4 is 16.9 Å². The van der Waals surface area contributed by atoms with E-state index in [2.05, 4.69) is 9.72 Å². The van der Waals surface area contributed by atoms with Crippen LogP contribution < -0.4 is 10.5 Å². The number of hydrogen-bond donors (Lipinski definition) is 2. The van der Waals surface area contributed by atoms with Crippen molar-refractivity contribution in [2.24, 2.45) is 5.73 Å². The van der Waals surface area contributed by atoms with Crippen LogP contribution in [0.15, 0.2) is 18.3 Å². The van der Waals surface area contributed by atoms with Gasteiger partial charge < -0.3 is 20.2 Å². The van der Waals surface area contributed by atoms with Gasteiger partial charge in [0, 0.05) is 29.6 Å². The number of nitrogens with one attached hydrogen (secondary N) is 1. The molecule has 6 heteroatoms. The van der Waals surface area contributed by atoms with Crippen molar-refractivity contribution in [2.45, 2.75) is 18.9 Å². The zero-order chi connectivity index (χ0) is 14.9. The normalized spacial score (nSPS) is 14.1. The molecule has 0 saturated heterocycles. The van der Waals surface area contributed by atoms with E-state index in [0.29, 0.717) is 5.52 Å². The van der Waals surface area contributed by atoms with Crippen LogP contribution in [0.5, 0.6) is 5.75 Å². The fourth-order valence-corrected chi connectivity index (χ4v) is 2.18. The van der Waals surface area contributed by atoms with Crippen LogP contribution in [0, 0.1) is 5.82 Å². The molecule has 3 N–H and O–H groups in total. The first-order valence-corrected chi connectivity index (χ1v) is 6.10. The molecule has 0 amide bonds. The molecule has 0 unspecified atom stereocenters. The summed E-state index contributed by atoms with van der Waals surface area (Å²) in [6.45, 7) is 1.60. The lowest BCUT2D eigenvalue weighted by molar-refractivity contribution is -0.146. The van der Waals surface area contributed by atoms with E-state index in [-0.39, 0.29) is 12.2 Å². The van der Waals surface area contributed by atoms with Crippen molar-refractivity contribution in [3.8, 4) is 5.75 Å². The van der Waals surface area contributed by atoms with Crippen LogP contribution in [0.3, 0.4) is 0 Å². The summed E-state index contributed by atoms with van der Waals surface area (Å²) in [5.74, 6) is -0.798. The molecule has 0 aliphatic rings. The van der Waals surface area contributed by atoms with E-state index >= 15 is 0 Å². The van der Waals surface area contributed by atoms with Crippen LogP contribution in [-0.4, -0.2) is 30.7 Å². The first-order valence-electron chi connectivity index (χ1n) is 6.10. The van der Waals surface area contributed by atoms with Crippen molar-refractivity contribution in [1.29, 1.82) is 0 Å². The molecule has 1 atom stereocenters. The maximum Gasteiger partial charge on any atom is 0.325 e. The number of H-pyrrole nitrogens is 1. The highest BCUT2D eigenvalue weighted by Crippen LogP contribution is 2.28. The van der Waals surface area contributed by atoms with Gasteiger partial charge in [-0.1, -0.05) is 0 Å². The Morgan fingerprint density at radius 3 is 2.75 bits per heavy atom. The Kier molecular flexibility index (Phi) is 3.67. The third kappa shape index (κ3) is 2.46. The molecule has 5 nitrogen and oxygen atoms in total. The van der Waals surface area contributed by atoms with Gasteiger partial charge in [-0.2, -0.15) is 0 Å². The van der Waals surface area contributed by atoms with Gasteiger partial charge in [0.2, 0.25) is 0 Å². The number of carbonyl (C=O) groups is 1. The molecule has 0 bridgehead atoms. The molecular formula is C14H17FN2O3. The lowest BCUT2D eigenvalue weighted by Gasteiger charge is -2.20. The Morgan fingerprint density at radius 2 is 2.15 bits per heavy atom. The van der Waals surface area contributed by atoms with E-state index in [1.165, 1.54) is 20.3 Å².